The van der Waals surface area contributed by atoms with E-state index in [9.17, 15) is 29.4 Å². The molecule has 0 aromatic rings. The van der Waals surface area contributed by atoms with E-state index in [-0.39, 0.29) is 84.8 Å². The first kappa shape index (κ1) is 39.0. The van der Waals surface area contributed by atoms with Gasteiger partial charge in [-0.3, -0.25) is 9.59 Å². The quantitative estimate of drug-likeness (QED) is 0.123. The van der Waals surface area contributed by atoms with Crippen LogP contribution in [0.1, 0.15) is 78.1 Å². The molecule has 0 spiro atoms. The van der Waals surface area contributed by atoms with Gasteiger partial charge in [-0.2, -0.15) is 0 Å². The van der Waals surface area contributed by atoms with E-state index in [4.69, 9.17) is 20.9 Å². The predicted octanol–water partition coefficient (Wildman–Crippen LogP) is -6.84. The van der Waals surface area contributed by atoms with E-state index in [2.05, 4.69) is 13.8 Å². The molecule has 0 fully saturated rings. The largest absolute Gasteiger partial charge is 1.00 e. The van der Waals surface area contributed by atoms with Crippen molar-refractivity contribution in [1.29, 1.82) is 0 Å². The molecule has 0 aromatic heterocycles. The number of carboxylic acids is 2. The first-order chi connectivity index (χ1) is 14.1. The molecule has 0 radical (unpaired) electrons. The summed E-state index contributed by atoms with van der Waals surface area (Å²) in [4.78, 5) is 42.5. The van der Waals surface area contributed by atoms with Crippen LogP contribution in [0.15, 0.2) is 0 Å². The molecule has 0 rings (SSSR count). The molecule has 0 saturated heterocycles. The van der Waals surface area contributed by atoms with Crippen LogP contribution in [0.25, 0.3) is 0 Å². The minimum Gasteiger partial charge on any atom is -0.548 e. The van der Waals surface area contributed by atoms with Crippen LogP contribution in [0.2, 0.25) is 0 Å². The van der Waals surface area contributed by atoms with Gasteiger partial charge >= 0.3 is 71.1 Å². The summed E-state index contributed by atoms with van der Waals surface area (Å²) in [6.07, 6.45) is 6.04. The molecule has 0 aliphatic carbocycles. The van der Waals surface area contributed by atoms with Gasteiger partial charge in [0.05, 0.1) is 25.2 Å². The number of hydrogen-bond acceptors (Lipinski definition) is 10. The molecule has 0 aliphatic heterocycles. The third kappa shape index (κ3) is 27.8. The number of nitrogens with two attached hydrogens (primary N) is 2. The predicted molar refractivity (Wildman–Crippen MR) is 105 cm³/mol. The SMILES string of the molecule is CCCCCOC(=O)CC[C@H](N)C(=O)[O-].CCCCCOC(=O)CC[C@H](N)C(=O)[O-].[Na+].[Na+]. The zero-order valence-electron chi connectivity index (χ0n) is 20.1. The third-order valence-corrected chi connectivity index (χ3v) is 3.95. The Morgan fingerprint density at radius 1 is 0.688 bits per heavy atom. The van der Waals surface area contributed by atoms with E-state index < -0.39 is 36.0 Å². The zero-order valence-corrected chi connectivity index (χ0v) is 24.1. The number of carboxylic acid groups (broad SMARTS) is 2. The van der Waals surface area contributed by atoms with Crippen LogP contribution in [0.3, 0.4) is 0 Å². The molecule has 0 unspecified atom stereocenters. The van der Waals surface area contributed by atoms with Crippen LogP contribution in [0.4, 0.5) is 0 Å². The van der Waals surface area contributed by atoms with Gasteiger partial charge in [0.15, 0.2) is 0 Å². The smallest absolute Gasteiger partial charge is 0.548 e. The summed E-state index contributed by atoms with van der Waals surface area (Å²) in [7, 11) is 0. The Balaban J connectivity index is -0.000000231. The second kappa shape index (κ2) is 27.0. The van der Waals surface area contributed by atoms with Crippen molar-refractivity contribution in [3.05, 3.63) is 0 Å². The molecule has 176 valence electrons. The first-order valence-electron chi connectivity index (χ1n) is 10.4. The molecule has 10 nitrogen and oxygen atoms in total. The fraction of sp³-hybridized carbons (Fsp3) is 0.800. The van der Waals surface area contributed by atoms with E-state index in [0.29, 0.717) is 13.2 Å². The molecule has 32 heavy (non-hydrogen) atoms. The average molecular weight is 478 g/mol. The Morgan fingerprint density at radius 2 is 1.00 bits per heavy atom. The van der Waals surface area contributed by atoms with Gasteiger partial charge in [0.1, 0.15) is 0 Å². The van der Waals surface area contributed by atoms with E-state index in [1.165, 1.54) is 0 Å². The normalized spacial score (nSPS) is 11.4. The summed E-state index contributed by atoms with van der Waals surface area (Å²) in [5.41, 5.74) is 10.3. The van der Waals surface area contributed by atoms with Crippen LogP contribution in [0, 0.1) is 0 Å². The van der Waals surface area contributed by atoms with Crippen molar-refractivity contribution in [2.75, 3.05) is 13.2 Å². The molecule has 2 atom stereocenters. The number of carbonyl (C=O) groups excluding carboxylic acids is 4. The number of carbonyl (C=O) groups is 4. The van der Waals surface area contributed by atoms with Crippen molar-refractivity contribution in [2.45, 2.75) is 90.1 Å². The Bertz CT molecular complexity index is 466. The number of esters is 2. The van der Waals surface area contributed by atoms with Gasteiger partial charge in [-0.25, -0.2) is 0 Å². The molecular formula is C20H36N2Na2O8. The molecule has 0 amide bonds. The maximum Gasteiger partial charge on any atom is 1.00 e. The van der Waals surface area contributed by atoms with Crippen LogP contribution in [-0.2, 0) is 28.7 Å². The number of ether oxygens (including phenoxy) is 2. The summed E-state index contributed by atoms with van der Waals surface area (Å²) in [6.45, 7) is 4.90. The number of rotatable bonds is 16. The second-order valence-corrected chi connectivity index (χ2v) is 6.78. The first-order valence-corrected chi connectivity index (χ1v) is 10.4. The minimum absolute atomic E-state index is 0. The van der Waals surface area contributed by atoms with E-state index in [1.54, 1.807) is 0 Å². The van der Waals surface area contributed by atoms with E-state index >= 15 is 0 Å². The summed E-state index contributed by atoms with van der Waals surface area (Å²) < 4.78 is 9.73. The summed E-state index contributed by atoms with van der Waals surface area (Å²) in [5, 5.41) is 20.4. The Morgan fingerprint density at radius 3 is 1.25 bits per heavy atom. The van der Waals surface area contributed by atoms with Gasteiger partial charge in [-0.15, -0.1) is 0 Å². The van der Waals surface area contributed by atoms with Gasteiger partial charge in [0, 0.05) is 24.9 Å². The standard InChI is InChI=1S/2C10H19NO4.2Na/c2*1-2-3-4-7-15-9(12)6-5-8(11)10(13)14;;/h2*8H,2-7,11H2,1H3,(H,13,14);;/q;;2*+1/p-2/t2*8-;;/m00../s1. The number of aliphatic carboxylic acids is 2. The van der Waals surface area contributed by atoms with Gasteiger partial charge in [-0.05, 0) is 25.7 Å². The van der Waals surface area contributed by atoms with Crippen LogP contribution in [0.5, 0.6) is 0 Å². The maximum atomic E-state index is 11.0. The number of hydrogen-bond donors (Lipinski definition) is 2. The molecular weight excluding hydrogens is 442 g/mol. The van der Waals surface area contributed by atoms with E-state index in [1.807, 2.05) is 0 Å². The van der Waals surface area contributed by atoms with Crippen LogP contribution >= 0.6 is 0 Å². The van der Waals surface area contributed by atoms with Crippen LogP contribution in [-0.4, -0.2) is 49.2 Å². The molecule has 12 heteroatoms. The second-order valence-electron chi connectivity index (χ2n) is 6.78. The van der Waals surface area contributed by atoms with Gasteiger partial charge in [0.25, 0.3) is 0 Å². The van der Waals surface area contributed by atoms with Gasteiger partial charge in [0.2, 0.25) is 0 Å². The van der Waals surface area contributed by atoms with Crippen molar-refractivity contribution >= 4 is 23.9 Å². The van der Waals surface area contributed by atoms with E-state index in [0.717, 1.165) is 38.5 Å². The van der Waals surface area contributed by atoms with Crippen molar-refractivity contribution in [1.82, 2.24) is 0 Å². The Hall–Kier alpha value is -0.200. The van der Waals surface area contributed by atoms with Gasteiger partial charge in [-0.1, -0.05) is 39.5 Å². The molecule has 0 saturated carbocycles. The fourth-order valence-electron chi connectivity index (χ4n) is 2.00. The monoisotopic (exact) mass is 478 g/mol. The Kier molecular flexibility index (Phi) is 33.0. The molecule has 4 N–H and O–H groups in total. The summed E-state index contributed by atoms with van der Waals surface area (Å²) in [5.74, 6) is -3.48. The summed E-state index contributed by atoms with van der Waals surface area (Å²) in [6, 6.07) is -2.18. The molecule has 0 aromatic carbocycles. The minimum atomic E-state index is -1.34. The number of unbranched alkanes of at least 4 members (excludes halogenated alkanes) is 4. The third-order valence-electron chi connectivity index (χ3n) is 3.95. The topological polar surface area (TPSA) is 185 Å². The van der Waals surface area contributed by atoms with Crippen molar-refractivity contribution in [3.63, 3.8) is 0 Å². The molecule has 0 bridgehead atoms. The zero-order chi connectivity index (χ0) is 23.4. The van der Waals surface area contributed by atoms with Crippen molar-refractivity contribution in [2.24, 2.45) is 11.5 Å². The van der Waals surface area contributed by atoms with Crippen molar-refractivity contribution in [3.8, 4) is 0 Å². The average Bonchev–Trinajstić information content (AvgIpc) is 2.71. The van der Waals surface area contributed by atoms with Crippen molar-refractivity contribution < 1.29 is 98.0 Å². The fourth-order valence-corrected chi connectivity index (χ4v) is 2.00. The molecule has 0 aliphatic rings. The van der Waals surface area contributed by atoms with Gasteiger partial charge < -0.3 is 40.7 Å². The van der Waals surface area contributed by atoms with Crippen LogP contribution < -0.4 is 80.8 Å². The Labute approximate surface area is 235 Å². The molecule has 0 heterocycles. The summed E-state index contributed by atoms with van der Waals surface area (Å²) >= 11 is 0. The maximum absolute atomic E-state index is 11.0.